The van der Waals surface area contributed by atoms with Crippen LogP contribution in [0.4, 0.5) is 0 Å². The van der Waals surface area contributed by atoms with Crippen LogP contribution in [0.1, 0.15) is 0 Å². The third-order valence-corrected chi connectivity index (χ3v) is 11.7. The van der Waals surface area contributed by atoms with Crippen molar-refractivity contribution in [2.24, 2.45) is 0 Å². The molecule has 0 N–H and O–H groups in total. The van der Waals surface area contributed by atoms with Crippen LogP contribution in [-0.4, -0.2) is 18.9 Å². The summed E-state index contributed by atoms with van der Waals surface area (Å²) < 4.78 is 4.96. The topological polar surface area (TPSA) is 35.1 Å². The quantitative estimate of drug-likeness (QED) is 0.170. The molecule has 0 aliphatic heterocycles. The van der Waals surface area contributed by atoms with Crippen molar-refractivity contribution in [2.45, 2.75) is 0 Å². The highest BCUT2D eigenvalue weighted by Gasteiger charge is 2.27. The van der Waals surface area contributed by atoms with Crippen molar-refractivity contribution < 1.29 is 0 Å². The van der Waals surface area contributed by atoms with E-state index in [1.54, 1.807) is 0 Å². The molecule has 248 valence electrons. The molecule has 0 atom stereocenters. The molecular weight excluding hydrogens is 657 g/mol. The van der Waals surface area contributed by atoms with Gasteiger partial charge >= 0.3 is 0 Å². The van der Waals surface area contributed by atoms with E-state index >= 15 is 0 Å². The molecule has 4 heterocycles. The van der Waals surface area contributed by atoms with Crippen LogP contribution < -0.4 is 0 Å². The number of hydrogen-bond donors (Lipinski definition) is 0. The van der Waals surface area contributed by atoms with E-state index in [0.29, 0.717) is 0 Å². The molecule has 0 aliphatic carbocycles. The Balaban J connectivity index is 1.35. The smallest absolute Gasteiger partial charge is 0.165 e. The monoisotopic (exact) mass is 684 g/mol. The van der Waals surface area contributed by atoms with Crippen LogP contribution in [0, 0.1) is 0 Å². The van der Waals surface area contributed by atoms with Crippen LogP contribution >= 0.6 is 0 Å². The van der Waals surface area contributed by atoms with Crippen molar-refractivity contribution in [1.29, 1.82) is 0 Å². The summed E-state index contributed by atoms with van der Waals surface area (Å²) in [6, 6.07) is 61.5. The van der Waals surface area contributed by atoms with Crippen LogP contribution in [0.15, 0.2) is 170 Å². The summed E-state index contributed by atoms with van der Waals surface area (Å²) in [6.45, 7) is 0. The minimum Gasteiger partial charge on any atom is -0.308 e. The van der Waals surface area contributed by atoms with Gasteiger partial charge < -0.3 is 4.40 Å². The molecule has 4 aromatic heterocycles. The maximum atomic E-state index is 5.62. The van der Waals surface area contributed by atoms with Crippen LogP contribution in [0.25, 0.3) is 120 Å². The van der Waals surface area contributed by atoms with E-state index in [2.05, 4.69) is 179 Å². The van der Waals surface area contributed by atoms with E-state index < -0.39 is 0 Å². The van der Waals surface area contributed by atoms with E-state index in [4.69, 9.17) is 9.97 Å². The summed E-state index contributed by atoms with van der Waals surface area (Å²) in [4.78, 5) is 11.2. The predicted octanol–water partition coefficient (Wildman–Crippen LogP) is 13.0. The summed E-state index contributed by atoms with van der Waals surface area (Å²) in [5.41, 5.74) is 9.56. The van der Waals surface area contributed by atoms with Gasteiger partial charge in [0, 0.05) is 43.3 Å². The normalized spacial score (nSPS) is 12.4. The fourth-order valence-electron chi connectivity index (χ4n) is 9.55. The van der Waals surface area contributed by atoms with Gasteiger partial charge in [0.25, 0.3) is 0 Å². The molecule has 13 rings (SSSR count). The second-order valence-corrected chi connectivity index (χ2v) is 14.5. The summed E-state index contributed by atoms with van der Waals surface area (Å²) >= 11 is 0. The van der Waals surface area contributed by atoms with Gasteiger partial charge in [-0.05, 0) is 57.3 Å². The highest BCUT2D eigenvalue weighted by atomic mass is 15.1. The third kappa shape index (κ3) is 3.52. The van der Waals surface area contributed by atoms with Gasteiger partial charge in [-0.1, -0.05) is 140 Å². The Kier molecular flexibility index (Phi) is 5.34. The fraction of sp³-hybridized carbons (Fsp3) is 0. The lowest BCUT2D eigenvalue weighted by Gasteiger charge is -2.16. The molecular formula is C50H28N4. The van der Waals surface area contributed by atoms with E-state index in [0.717, 1.165) is 49.9 Å². The first kappa shape index (κ1) is 28.3. The zero-order chi connectivity index (χ0) is 35.1. The molecule has 0 aliphatic rings. The van der Waals surface area contributed by atoms with Crippen molar-refractivity contribution in [3.63, 3.8) is 0 Å². The predicted molar refractivity (Wildman–Crippen MR) is 226 cm³/mol. The Labute approximate surface area is 308 Å². The van der Waals surface area contributed by atoms with Crippen LogP contribution in [-0.2, 0) is 0 Å². The molecule has 4 heteroatoms. The zero-order valence-electron chi connectivity index (χ0n) is 29.0. The van der Waals surface area contributed by atoms with Gasteiger partial charge in [-0.25, -0.2) is 9.97 Å². The van der Waals surface area contributed by atoms with Gasteiger partial charge in [-0.15, -0.1) is 0 Å². The molecule has 54 heavy (non-hydrogen) atoms. The molecule has 0 saturated carbocycles. The maximum absolute atomic E-state index is 5.62. The fourth-order valence-corrected chi connectivity index (χ4v) is 9.55. The SMILES string of the molecule is c1ccc(-c2nc3c(ccc4ccccc43)nc2-n2c3cccc4c3c3c2c2ccccc2cc3n2c3ccccc3c3cc5ccccc5c4c32)cc1. The van der Waals surface area contributed by atoms with E-state index in [1.807, 2.05) is 0 Å². The molecule has 0 unspecified atom stereocenters. The first-order valence-corrected chi connectivity index (χ1v) is 18.5. The maximum Gasteiger partial charge on any atom is 0.165 e. The Bertz CT molecular complexity index is 3720. The molecule has 0 spiro atoms. The second kappa shape index (κ2) is 10.2. The van der Waals surface area contributed by atoms with Crippen LogP contribution in [0.2, 0.25) is 0 Å². The van der Waals surface area contributed by atoms with E-state index in [-0.39, 0.29) is 0 Å². The Hall–Kier alpha value is -7.30. The largest absolute Gasteiger partial charge is 0.308 e. The number of fused-ring (bicyclic) bond motifs is 12. The van der Waals surface area contributed by atoms with Crippen LogP contribution in [0.3, 0.4) is 0 Å². The first-order chi connectivity index (χ1) is 26.8. The molecule has 0 radical (unpaired) electrons. The minimum atomic E-state index is 0.824. The van der Waals surface area contributed by atoms with Crippen molar-refractivity contribution in [1.82, 2.24) is 18.9 Å². The standard InChI is InChI=1S/C50H28N4/c1-2-14-30(15-3-1)46-50(51-39-26-25-29-13-4-8-19-34(29)47(39)52-46)54-41-24-12-22-37-43-33-18-7-5-16-31(33)27-38-36-21-10-11-23-40(36)53(49(38)43)42-28-32-17-6-9-20-35(32)48(54)45(42)44(37)41/h1-28H. The van der Waals surface area contributed by atoms with Gasteiger partial charge in [0.2, 0.25) is 0 Å². The Morgan fingerprint density at radius 1 is 0.370 bits per heavy atom. The molecule has 0 fully saturated rings. The third-order valence-electron chi connectivity index (χ3n) is 11.7. The molecule has 9 aromatic carbocycles. The molecule has 0 amide bonds. The number of hydrogen-bond acceptors (Lipinski definition) is 2. The number of aromatic nitrogens is 4. The van der Waals surface area contributed by atoms with Crippen molar-refractivity contribution in [3.8, 4) is 17.1 Å². The molecule has 13 aromatic rings. The lowest BCUT2D eigenvalue weighted by molar-refractivity contribution is 1.08. The summed E-state index contributed by atoms with van der Waals surface area (Å²) in [6.07, 6.45) is 0. The van der Waals surface area contributed by atoms with Gasteiger partial charge in [-0.3, -0.25) is 4.57 Å². The van der Waals surface area contributed by atoms with Crippen molar-refractivity contribution in [2.75, 3.05) is 0 Å². The lowest BCUT2D eigenvalue weighted by atomic mass is 9.97. The average molecular weight is 685 g/mol. The van der Waals surface area contributed by atoms with E-state index in [1.165, 1.54) is 70.4 Å². The average Bonchev–Trinajstić information content (AvgIpc) is 3.71. The number of rotatable bonds is 2. The van der Waals surface area contributed by atoms with Gasteiger partial charge in [0.1, 0.15) is 5.69 Å². The summed E-state index contributed by atoms with van der Waals surface area (Å²) in [7, 11) is 0. The minimum absolute atomic E-state index is 0.824. The molecule has 4 nitrogen and oxygen atoms in total. The van der Waals surface area contributed by atoms with Gasteiger partial charge in [-0.2, -0.15) is 0 Å². The Morgan fingerprint density at radius 3 is 1.89 bits per heavy atom. The van der Waals surface area contributed by atoms with Gasteiger partial charge in [0.05, 0.1) is 38.6 Å². The number of para-hydroxylation sites is 1. The van der Waals surface area contributed by atoms with E-state index in [9.17, 15) is 0 Å². The molecule has 0 bridgehead atoms. The molecule has 0 saturated heterocycles. The van der Waals surface area contributed by atoms with Crippen LogP contribution in [0.5, 0.6) is 0 Å². The number of benzene rings is 9. The summed E-state index contributed by atoms with van der Waals surface area (Å²) in [5, 5.41) is 14.6. The van der Waals surface area contributed by atoms with Gasteiger partial charge in [0.15, 0.2) is 5.82 Å². The second-order valence-electron chi connectivity index (χ2n) is 14.5. The highest BCUT2D eigenvalue weighted by Crippen LogP contribution is 2.48. The highest BCUT2D eigenvalue weighted by molar-refractivity contribution is 6.38. The zero-order valence-corrected chi connectivity index (χ0v) is 29.0. The lowest BCUT2D eigenvalue weighted by Crippen LogP contribution is -2.04. The van der Waals surface area contributed by atoms with Crippen molar-refractivity contribution in [3.05, 3.63) is 170 Å². The summed E-state index contributed by atoms with van der Waals surface area (Å²) in [5.74, 6) is 0.824. The number of nitrogens with zero attached hydrogens (tertiary/aromatic N) is 4. The first-order valence-electron chi connectivity index (χ1n) is 18.5. The van der Waals surface area contributed by atoms with Crippen molar-refractivity contribution >= 4 is 103 Å². The Morgan fingerprint density at radius 2 is 1.04 bits per heavy atom.